The third kappa shape index (κ3) is 4.71. The van der Waals surface area contributed by atoms with Gasteiger partial charge in [0.15, 0.2) is 0 Å². The van der Waals surface area contributed by atoms with E-state index in [9.17, 15) is 9.59 Å². The summed E-state index contributed by atoms with van der Waals surface area (Å²) >= 11 is 0. The number of nitriles is 1. The molecule has 1 saturated carbocycles. The number of rotatable bonds is 4. The molecule has 0 radical (unpaired) electrons. The van der Waals surface area contributed by atoms with Crippen LogP contribution in [0.1, 0.15) is 38.5 Å². The minimum absolute atomic E-state index is 0.00473. The van der Waals surface area contributed by atoms with Crippen LogP contribution in [0.3, 0.4) is 0 Å². The highest BCUT2D eigenvalue weighted by Gasteiger charge is 2.31. The van der Waals surface area contributed by atoms with Crippen LogP contribution in [0.15, 0.2) is 0 Å². The van der Waals surface area contributed by atoms with Crippen LogP contribution in [0.25, 0.3) is 0 Å². The molecule has 2 aliphatic heterocycles. The van der Waals surface area contributed by atoms with E-state index in [0.717, 1.165) is 45.1 Å². The van der Waals surface area contributed by atoms with Gasteiger partial charge < -0.3 is 15.0 Å². The molecule has 2 amide bonds. The van der Waals surface area contributed by atoms with Gasteiger partial charge in [-0.1, -0.05) is 0 Å². The number of nitrogens with zero attached hydrogens (tertiary/aromatic N) is 3. The summed E-state index contributed by atoms with van der Waals surface area (Å²) in [5, 5.41) is 12.2. The van der Waals surface area contributed by atoms with Gasteiger partial charge in [0.1, 0.15) is 0 Å². The van der Waals surface area contributed by atoms with Gasteiger partial charge in [-0.3, -0.25) is 14.5 Å². The second-order valence-electron chi connectivity index (χ2n) is 7.31. The molecule has 1 N–H and O–H groups in total. The van der Waals surface area contributed by atoms with Crippen molar-refractivity contribution in [3.8, 4) is 6.07 Å². The Kier molecular flexibility index (Phi) is 6.27. The minimum atomic E-state index is -0.118. The van der Waals surface area contributed by atoms with E-state index < -0.39 is 0 Å². The largest absolute Gasteiger partial charge is 0.378 e. The zero-order chi connectivity index (χ0) is 17.6. The molecule has 25 heavy (non-hydrogen) atoms. The SMILES string of the molecule is N#C[C@@H]1CCCN1CC(=O)NC1CCC(C(=O)N2CCOCC2)CC1. The second kappa shape index (κ2) is 8.63. The van der Waals surface area contributed by atoms with Crippen molar-refractivity contribution in [2.75, 3.05) is 39.4 Å². The number of carbonyl (C=O) groups excluding carboxylic acids is 2. The van der Waals surface area contributed by atoms with Crippen LogP contribution in [0.5, 0.6) is 0 Å². The number of nitrogens with one attached hydrogen (secondary N) is 1. The molecule has 3 rings (SSSR count). The summed E-state index contributed by atoms with van der Waals surface area (Å²) in [5.41, 5.74) is 0. The minimum Gasteiger partial charge on any atom is -0.378 e. The lowest BCUT2D eigenvalue weighted by atomic mass is 9.85. The number of carbonyl (C=O) groups is 2. The van der Waals surface area contributed by atoms with Gasteiger partial charge in [-0.15, -0.1) is 0 Å². The fourth-order valence-corrected chi connectivity index (χ4v) is 4.15. The number of morpholine rings is 1. The highest BCUT2D eigenvalue weighted by molar-refractivity contribution is 5.80. The highest BCUT2D eigenvalue weighted by atomic mass is 16.5. The summed E-state index contributed by atoms with van der Waals surface area (Å²) in [7, 11) is 0. The molecule has 3 fully saturated rings. The van der Waals surface area contributed by atoms with Crippen molar-refractivity contribution in [2.24, 2.45) is 5.92 Å². The molecule has 7 heteroatoms. The molecule has 0 aromatic carbocycles. The number of ether oxygens (including phenoxy) is 1. The van der Waals surface area contributed by atoms with E-state index in [4.69, 9.17) is 10.00 Å². The fourth-order valence-electron chi connectivity index (χ4n) is 4.15. The van der Waals surface area contributed by atoms with Crippen LogP contribution < -0.4 is 5.32 Å². The number of hydrogen-bond donors (Lipinski definition) is 1. The van der Waals surface area contributed by atoms with Crippen molar-refractivity contribution in [3.05, 3.63) is 0 Å². The molecule has 1 atom stereocenters. The maximum absolute atomic E-state index is 12.5. The molecule has 0 aromatic rings. The van der Waals surface area contributed by atoms with Crippen molar-refractivity contribution in [3.63, 3.8) is 0 Å². The second-order valence-corrected chi connectivity index (χ2v) is 7.31. The standard InChI is InChI=1S/C18H28N4O3/c19-12-16-2-1-7-22(16)13-17(23)20-15-5-3-14(4-6-15)18(24)21-8-10-25-11-9-21/h14-16H,1-11,13H2,(H,20,23)/t14?,15?,16-/m0/s1. The molecule has 7 nitrogen and oxygen atoms in total. The third-order valence-corrected chi connectivity index (χ3v) is 5.62. The topological polar surface area (TPSA) is 85.7 Å². The zero-order valence-electron chi connectivity index (χ0n) is 14.8. The van der Waals surface area contributed by atoms with Gasteiger partial charge >= 0.3 is 0 Å². The molecule has 1 aliphatic carbocycles. The predicted molar refractivity (Wildman–Crippen MR) is 91.5 cm³/mol. The van der Waals surface area contributed by atoms with Gasteiger partial charge in [-0.25, -0.2) is 0 Å². The number of likely N-dealkylation sites (tertiary alicyclic amines) is 1. The first-order chi connectivity index (χ1) is 12.2. The van der Waals surface area contributed by atoms with E-state index in [1.165, 1.54) is 0 Å². The zero-order valence-corrected chi connectivity index (χ0v) is 14.8. The van der Waals surface area contributed by atoms with Crippen molar-refractivity contribution in [2.45, 2.75) is 50.6 Å². The van der Waals surface area contributed by atoms with Gasteiger partial charge in [-0.05, 0) is 38.5 Å². The van der Waals surface area contributed by atoms with Gasteiger partial charge in [0.05, 0.1) is 31.9 Å². The quantitative estimate of drug-likeness (QED) is 0.800. The summed E-state index contributed by atoms with van der Waals surface area (Å²) in [5.74, 6) is 0.347. The van der Waals surface area contributed by atoms with Crippen LogP contribution in [0, 0.1) is 17.2 Å². The van der Waals surface area contributed by atoms with E-state index in [1.807, 2.05) is 9.80 Å². The summed E-state index contributed by atoms with van der Waals surface area (Å²) in [4.78, 5) is 28.6. The monoisotopic (exact) mass is 348 g/mol. The van der Waals surface area contributed by atoms with Crippen LogP contribution >= 0.6 is 0 Å². The summed E-state index contributed by atoms with van der Waals surface area (Å²) in [6, 6.07) is 2.31. The van der Waals surface area contributed by atoms with Crippen LogP contribution in [0.4, 0.5) is 0 Å². The third-order valence-electron chi connectivity index (χ3n) is 5.62. The van der Waals surface area contributed by atoms with Crippen molar-refractivity contribution in [1.82, 2.24) is 15.1 Å². The maximum Gasteiger partial charge on any atom is 0.234 e. The van der Waals surface area contributed by atoms with Crippen LogP contribution in [0.2, 0.25) is 0 Å². The smallest absolute Gasteiger partial charge is 0.234 e. The molecule has 2 heterocycles. The molecule has 3 aliphatic rings. The van der Waals surface area contributed by atoms with Gasteiger partial charge in [0.25, 0.3) is 0 Å². The van der Waals surface area contributed by atoms with E-state index in [1.54, 1.807) is 0 Å². The highest BCUT2D eigenvalue weighted by Crippen LogP contribution is 2.26. The molecular formula is C18H28N4O3. The summed E-state index contributed by atoms with van der Waals surface area (Å²) < 4.78 is 5.30. The van der Waals surface area contributed by atoms with Crippen LogP contribution in [-0.2, 0) is 14.3 Å². The number of amides is 2. The number of hydrogen-bond acceptors (Lipinski definition) is 5. The molecular weight excluding hydrogens is 320 g/mol. The Balaban J connectivity index is 1.39. The maximum atomic E-state index is 12.5. The first-order valence-electron chi connectivity index (χ1n) is 9.47. The Morgan fingerprint density at radius 2 is 1.80 bits per heavy atom. The van der Waals surface area contributed by atoms with Crippen molar-refractivity contribution < 1.29 is 14.3 Å². The predicted octanol–water partition coefficient (Wildman–Crippen LogP) is 0.508. The molecule has 0 spiro atoms. The summed E-state index contributed by atoms with van der Waals surface area (Å²) in [6.07, 6.45) is 5.23. The normalized spacial score (nSPS) is 30.7. The molecule has 0 aromatic heterocycles. The van der Waals surface area contributed by atoms with Crippen LogP contribution in [-0.4, -0.2) is 73.1 Å². The lowest BCUT2D eigenvalue weighted by Crippen LogP contribution is -2.47. The van der Waals surface area contributed by atoms with E-state index in [-0.39, 0.29) is 29.8 Å². The lowest BCUT2D eigenvalue weighted by Gasteiger charge is -2.34. The average Bonchev–Trinajstić information content (AvgIpc) is 3.09. The Hall–Kier alpha value is -1.65. The Bertz CT molecular complexity index is 519. The van der Waals surface area contributed by atoms with E-state index in [2.05, 4.69) is 11.4 Å². The molecule has 138 valence electrons. The first-order valence-corrected chi connectivity index (χ1v) is 9.47. The van der Waals surface area contributed by atoms with Crippen molar-refractivity contribution >= 4 is 11.8 Å². The Labute approximate surface area is 149 Å². The Morgan fingerprint density at radius 1 is 1.08 bits per heavy atom. The lowest BCUT2D eigenvalue weighted by molar-refractivity contribution is -0.140. The molecule has 0 bridgehead atoms. The van der Waals surface area contributed by atoms with Gasteiger partial charge in [0.2, 0.25) is 11.8 Å². The molecule has 2 saturated heterocycles. The van der Waals surface area contributed by atoms with Gasteiger partial charge in [-0.2, -0.15) is 5.26 Å². The van der Waals surface area contributed by atoms with Gasteiger partial charge in [0, 0.05) is 31.6 Å². The summed E-state index contributed by atoms with van der Waals surface area (Å²) in [6.45, 7) is 3.81. The van der Waals surface area contributed by atoms with E-state index >= 15 is 0 Å². The van der Waals surface area contributed by atoms with Crippen molar-refractivity contribution in [1.29, 1.82) is 5.26 Å². The molecule has 0 unspecified atom stereocenters. The fraction of sp³-hybridized carbons (Fsp3) is 0.833. The first kappa shape index (κ1) is 18.2. The average molecular weight is 348 g/mol. The van der Waals surface area contributed by atoms with E-state index in [0.29, 0.717) is 32.8 Å². The Morgan fingerprint density at radius 3 is 2.48 bits per heavy atom.